The molecule has 0 bridgehead atoms. The highest BCUT2D eigenvalue weighted by Crippen LogP contribution is 2.27. The Labute approximate surface area is 110 Å². The second-order valence-electron chi connectivity index (χ2n) is 5.84. The van der Waals surface area contributed by atoms with E-state index in [1.807, 2.05) is 0 Å². The fourth-order valence-corrected chi connectivity index (χ4v) is 2.06. The van der Waals surface area contributed by atoms with Gasteiger partial charge in [-0.15, -0.1) is 0 Å². The minimum absolute atomic E-state index is 0.160. The Hall–Kier alpha value is -1.12. The van der Waals surface area contributed by atoms with Crippen LogP contribution in [0.4, 0.5) is 0 Å². The molecule has 1 aliphatic heterocycles. The topological polar surface area (TPSA) is 37.4 Å². The molecule has 0 spiro atoms. The van der Waals surface area contributed by atoms with E-state index in [2.05, 4.69) is 20.8 Å². The lowest BCUT2D eigenvalue weighted by Crippen LogP contribution is -2.30. The smallest absolute Gasteiger partial charge is 0.253 e. The van der Waals surface area contributed by atoms with Gasteiger partial charge in [0, 0.05) is 18.7 Å². The lowest BCUT2D eigenvalue weighted by Gasteiger charge is -2.22. The Morgan fingerprint density at radius 3 is 2.11 bits per heavy atom. The van der Waals surface area contributed by atoms with Gasteiger partial charge in [0.2, 0.25) is 0 Å². The van der Waals surface area contributed by atoms with Gasteiger partial charge < -0.3 is 0 Å². The zero-order valence-corrected chi connectivity index (χ0v) is 11.9. The zero-order valence-electron chi connectivity index (χ0n) is 11.9. The summed E-state index contributed by atoms with van der Waals surface area (Å²) in [6.45, 7) is 7.42. The van der Waals surface area contributed by atoms with Gasteiger partial charge >= 0.3 is 0 Å². The van der Waals surface area contributed by atoms with Crippen molar-refractivity contribution in [1.82, 2.24) is 4.90 Å². The van der Waals surface area contributed by atoms with Crippen LogP contribution in [0.1, 0.15) is 59.3 Å². The standard InChI is InChI=1S/C15H25NO2/c1-4-15(2,3)11-7-5-6-8-12-16-13(17)9-10-14(16)18/h9-10H,4-8,11-12H2,1-3H3. The van der Waals surface area contributed by atoms with Crippen molar-refractivity contribution in [2.45, 2.75) is 59.3 Å². The summed E-state index contributed by atoms with van der Waals surface area (Å²) in [5.74, 6) is -0.320. The molecule has 1 rings (SSSR count). The molecule has 0 aromatic rings. The Morgan fingerprint density at radius 2 is 1.56 bits per heavy atom. The number of hydrogen-bond donors (Lipinski definition) is 0. The fourth-order valence-electron chi connectivity index (χ4n) is 2.06. The summed E-state index contributed by atoms with van der Waals surface area (Å²) in [4.78, 5) is 23.9. The van der Waals surface area contributed by atoms with Crippen LogP contribution in [0.25, 0.3) is 0 Å². The van der Waals surface area contributed by atoms with Crippen molar-refractivity contribution in [3.8, 4) is 0 Å². The Balaban J connectivity index is 2.06. The molecule has 1 aliphatic rings. The first-order chi connectivity index (χ1) is 8.46. The van der Waals surface area contributed by atoms with E-state index in [-0.39, 0.29) is 11.8 Å². The fraction of sp³-hybridized carbons (Fsp3) is 0.733. The molecule has 18 heavy (non-hydrogen) atoms. The molecule has 0 aromatic carbocycles. The van der Waals surface area contributed by atoms with Gasteiger partial charge in [-0.05, 0) is 18.3 Å². The lowest BCUT2D eigenvalue weighted by atomic mass is 9.84. The highest BCUT2D eigenvalue weighted by atomic mass is 16.2. The molecule has 0 saturated heterocycles. The van der Waals surface area contributed by atoms with Crippen molar-refractivity contribution in [3.05, 3.63) is 12.2 Å². The summed E-state index contributed by atoms with van der Waals surface area (Å²) in [6.07, 6.45) is 9.62. The van der Waals surface area contributed by atoms with Crippen molar-refractivity contribution in [3.63, 3.8) is 0 Å². The van der Waals surface area contributed by atoms with E-state index in [0.29, 0.717) is 12.0 Å². The number of carbonyl (C=O) groups is 2. The van der Waals surface area contributed by atoms with Crippen molar-refractivity contribution in [2.75, 3.05) is 6.54 Å². The predicted molar refractivity (Wildman–Crippen MR) is 73.0 cm³/mol. The number of carbonyl (C=O) groups excluding carboxylic acids is 2. The molecule has 0 radical (unpaired) electrons. The Kier molecular flexibility index (Phi) is 5.57. The van der Waals surface area contributed by atoms with E-state index in [9.17, 15) is 9.59 Å². The largest absolute Gasteiger partial charge is 0.275 e. The van der Waals surface area contributed by atoms with Crippen molar-refractivity contribution in [1.29, 1.82) is 0 Å². The molecule has 2 amide bonds. The summed E-state index contributed by atoms with van der Waals surface area (Å²) in [5, 5.41) is 0. The molecular weight excluding hydrogens is 226 g/mol. The molecule has 0 atom stereocenters. The summed E-state index contributed by atoms with van der Waals surface area (Å²) >= 11 is 0. The van der Waals surface area contributed by atoms with Crippen LogP contribution in [0.15, 0.2) is 12.2 Å². The zero-order chi connectivity index (χ0) is 13.6. The van der Waals surface area contributed by atoms with E-state index in [1.54, 1.807) is 0 Å². The summed E-state index contributed by atoms with van der Waals surface area (Å²) in [6, 6.07) is 0. The number of nitrogens with zero attached hydrogens (tertiary/aromatic N) is 1. The Morgan fingerprint density at radius 1 is 1.00 bits per heavy atom. The number of rotatable bonds is 8. The van der Waals surface area contributed by atoms with Crippen molar-refractivity contribution >= 4 is 11.8 Å². The third-order valence-corrected chi connectivity index (χ3v) is 3.84. The third-order valence-electron chi connectivity index (χ3n) is 3.84. The highest BCUT2D eigenvalue weighted by Gasteiger charge is 2.22. The van der Waals surface area contributed by atoms with Crippen LogP contribution in [0, 0.1) is 5.41 Å². The molecule has 3 nitrogen and oxygen atoms in total. The van der Waals surface area contributed by atoms with E-state index < -0.39 is 0 Å². The maximum Gasteiger partial charge on any atom is 0.253 e. The SMILES string of the molecule is CCC(C)(C)CCCCCCN1C(=O)C=CC1=O. The van der Waals surface area contributed by atoms with E-state index >= 15 is 0 Å². The van der Waals surface area contributed by atoms with Crippen LogP contribution >= 0.6 is 0 Å². The molecular formula is C15H25NO2. The van der Waals surface area contributed by atoms with Crippen LogP contribution in [0.2, 0.25) is 0 Å². The highest BCUT2D eigenvalue weighted by molar-refractivity contribution is 6.12. The lowest BCUT2D eigenvalue weighted by molar-refractivity contribution is -0.136. The number of unbranched alkanes of at least 4 members (excludes halogenated alkanes) is 3. The number of hydrogen-bond acceptors (Lipinski definition) is 2. The van der Waals surface area contributed by atoms with Gasteiger partial charge in [-0.3, -0.25) is 14.5 Å². The van der Waals surface area contributed by atoms with Crippen LogP contribution < -0.4 is 0 Å². The van der Waals surface area contributed by atoms with Gasteiger partial charge in [0.1, 0.15) is 0 Å². The molecule has 0 N–H and O–H groups in total. The normalized spacial score (nSPS) is 15.8. The quantitative estimate of drug-likeness (QED) is 0.490. The minimum atomic E-state index is -0.160. The first kappa shape index (κ1) is 14.9. The van der Waals surface area contributed by atoms with Gasteiger partial charge in [-0.1, -0.05) is 46.5 Å². The average Bonchev–Trinajstić information content (AvgIpc) is 2.64. The van der Waals surface area contributed by atoms with Gasteiger partial charge in [0.15, 0.2) is 0 Å². The Bertz CT molecular complexity index is 313. The molecule has 0 saturated carbocycles. The monoisotopic (exact) mass is 251 g/mol. The molecule has 0 aromatic heterocycles. The van der Waals surface area contributed by atoms with Crippen LogP contribution in [-0.4, -0.2) is 23.3 Å². The average molecular weight is 251 g/mol. The maximum absolute atomic E-state index is 11.3. The van der Waals surface area contributed by atoms with Gasteiger partial charge in [0.05, 0.1) is 0 Å². The molecule has 0 aliphatic carbocycles. The molecule has 0 unspecified atom stereocenters. The number of amides is 2. The van der Waals surface area contributed by atoms with Crippen molar-refractivity contribution < 1.29 is 9.59 Å². The predicted octanol–water partition coefficient (Wildman–Crippen LogP) is 3.30. The van der Waals surface area contributed by atoms with Gasteiger partial charge in [-0.2, -0.15) is 0 Å². The molecule has 3 heteroatoms. The molecule has 102 valence electrons. The van der Waals surface area contributed by atoms with E-state index in [4.69, 9.17) is 0 Å². The summed E-state index contributed by atoms with van der Waals surface area (Å²) in [7, 11) is 0. The second-order valence-corrected chi connectivity index (χ2v) is 5.84. The van der Waals surface area contributed by atoms with Gasteiger partial charge in [-0.25, -0.2) is 0 Å². The third kappa shape index (κ3) is 4.63. The van der Waals surface area contributed by atoms with Gasteiger partial charge in [0.25, 0.3) is 11.8 Å². The first-order valence-corrected chi connectivity index (χ1v) is 7.00. The molecule has 1 heterocycles. The van der Waals surface area contributed by atoms with Crippen molar-refractivity contribution in [2.24, 2.45) is 5.41 Å². The summed E-state index contributed by atoms with van der Waals surface area (Å²) in [5.41, 5.74) is 0.449. The minimum Gasteiger partial charge on any atom is -0.275 e. The molecule has 0 fully saturated rings. The van der Waals surface area contributed by atoms with Crippen LogP contribution in [0.3, 0.4) is 0 Å². The van der Waals surface area contributed by atoms with E-state index in [0.717, 1.165) is 12.8 Å². The first-order valence-electron chi connectivity index (χ1n) is 7.00. The maximum atomic E-state index is 11.3. The van der Waals surface area contributed by atoms with Crippen LogP contribution in [-0.2, 0) is 9.59 Å². The van der Waals surface area contributed by atoms with Crippen LogP contribution in [0.5, 0.6) is 0 Å². The summed E-state index contributed by atoms with van der Waals surface area (Å²) < 4.78 is 0. The second kappa shape index (κ2) is 6.72. The van der Waals surface area contributed by atoms with E-state index in [1.165, 1.54) is 42.7 Å². The number of imide groups is 1.